The maximum absolute atomic E-state index is 12.7. The predicted molar refractivity (Wildman–Crippen MR) is 102 cm³/mol. The summed E-state index contributed by atoms with van der Waals surface area (Å²) in [5.41, 5.74) is -0.951. The Kier molecular flexibility index (Phi) is 4.75. The highest BCUT2D eigenvalue weighted by Gasteiger charge is 2.20. The summed E-state index contributed by atoms with van der Waals surface area (Å²) in [6.07, 6.45) is 0. The van der Waals surface area contributed by atoms with Gasteiger partial charge in [0.2, 0.25) is 0 Å². The van der Waals surface area contributed by atoms with E-state index in [0.29, 0.717) is 5.02 Å². The van der Waals surface area contributed by atoms with Gasteiger partial charge in [0, 0.05) is 38.8 Å². The first-order valence-corrected chi connectivity index (χ1v) is 8.42. The molecule has 0 spiro atoms. The summed E-state index contributed by atoms with van der Waals surface area (Å²) in [4.78, 5) is 49.8. The third-order valence-corrected chi connectivity index (χ3v) is 4.64. The Bertz CT molecular complexity index is 1250. The van der Waals surface area contributed by atoms with Crippen LogP contribution in [0.15, 0.2) is 44.7 Å². The number of amides is 1. The fraction of sp³-hybridized carbons (Fsp3) is 0.222. The minimum atomic E-state index is -0.642. The molecule has 2 heterocycles. The van der Waals surface area contributed by atoms with Crippen LogP contribution in [-0.2, 0) is 27.7 Å². The molecule has 0 aliphatic carbocycles. The van der Waals surface area contributed by atoms with Crippen LogP contribution in [-0.4, -0.2) is 19.6 Å². The Balaban J connectivity index is 2.15. The molecule has 3 aromatic rings. The number of halogens is 1. The van der Waals surface area contributed by atoms with Crippen LogP contribution < -0.4 is 22.1 Å². The van der Waals surface area contributed by atoms with Crippen molar-refractivity contribution in [3.8, 4) is 0 Å². The second-order valence-electron chi connectivity index (χ2n) is 6.17. The van der Waals surface area contributed by atoms with E-state index in [4.69, 9.17) is 11.6 Å². The van der Waals surface area contributed by atoms with Crippen molar-refractivity contribution in [1.29, 1.82) is 0 Å². The zero-order valence-electron chi connectivity index (χ0n) is 14.9. The van der Waals surface area contributed by atoms with Crippen LogP contribution in [0, 0.1) is 0 Å². The summed E-state index contributed by atoms with van der Waals surface area (Å²) in [5.74, 6) is -0.589. The van der Waals surface area contributed by atoms with E-state index in [1.54, 1.807) is 24.3 Å². The van der Waals surface area contributed by atoms with E-state index >= 15 is 0 Å². The SMILES string of the molecule is Cn1c(=O)c2c(C(=O)NCc3cccc(Cl)c3)cc(=O)n(C)c2n(C)c1=O. The van der Waals surface area contributed by atoms with Crippen molar-refractivity contribution in [2.24, 2.45) is 21.1 Å². The molecule has 0 unspecified atom stereocenters. The minimum Gasteiger partial charge on any atom is -0.348 e. The fourth-order valence-corrected chi connectivity index (χ4v) is 3.18. The van der Waals surface area contributed by atoms with Gasteiger partial charge in [-0.3, -0.25) is 28.1 Å². The summed E-state index contributed by atoms with van der Waals surface area (Å²) >= 11 is 5.93. The Morgan fingerprint density at radius 1 is 1.04 bits per heavy atom. The van der Waals surface area contributed by atoms with Gasteiger partial charge in [0.25, 0.3) is 17.0 Å². The molecule has 0 fully saturated rings. The molecule has 27 heavy (non-hydrogen) atoms. The smallest absolute Gasteiger partial charge is 0.332 e. The summed E-state index contributed by atoms with van der Waals surface area (Å²) in [5, 5.41) is 3.22. The first-order valence-electron chi connectivity index (χ1n) is 8.04. The van der Waals surface area contributed by atoms with E-state index in [1.165, 1.54) is 30.3 Å². The maximum Gasteiger partial charge on any atom is 0.332 e. The lowest BCUT2D eigenvalue weighted by Gasteiger charge is -2.14. The molecule has 3 rings (SSSR count). The molecular formula is C18H17ClN4O4. The summed E-state index contributed by atoms with van der Waals surface area (Å²) < 4.78 is 3.25. The Morgan fingerprint density at radius 2 is 1.74 bits per heavy atom. The normalized spacial score (nSPS) is 11.0. The summed E-state index contributed by atoms with van der Waals surface area (Å²) in [6, 6.07) is 8.06. The van der Waals surface area contributed by atoms with Crippen molar-refractivity contribution in [3.05, 3.63) is 77.7 Å². The van der Waals surface area contributed by atoms with Gasteiger partial charge in [-0.25, -0.2) is 4.79 Å². The second kappa shape index (κ2) is 6.88. The molecule has 0 aliphatic heterocycles. The van der Waals surface area contributed by atoms with Gasteiger partial charge in [-0.1, -0.05) is 23.7 Å². The lowest BCUT2D eigenvalue weighted by molar-refractivity contribution is 0.0952. The lowest BCUT2D eigenvalue weighted by Crippen LogP contribution is -2.41. The number of pyridine rings is 1. The quantitative estimate of drug-likeness (QED) is 0.707. The zero-order chi connectivity index (χ0) is 19.9. The zero-order valence-corrected chi connectivity index (χ0v) is 15.7. The molecule has 140 valence electrons. The number of nitrogens with one attached hydrogen (secondary N) is 1. The Morgan fingerprint density at radius 3 is 2.41 bits per heavy atom. The third kappa shape index (κ3) is 3.19. The van der Waals surface area contributed by atoms with Gasteiger partial charge >= 0.3 is 5.69 Å². The van der Waals surface area contributed by atoms with Crippen LogP contribution in [0.2, 0.25) is 5.02 Å². The van der Waals surface area contributed by atoms with Crippen molar-refractivity contribution in [2.45, 2.75) is 6.54 Å². The van der Waals surface area contributed by atoms with Crippen LogP contribution in [0.3, 0.4) is 0 Å². The number of nitrogens with zero attached hydrogens (tertiary/aromatic N) is 3. The standard InChI is InChI=1S/C18H17ClN4O4/c1-21-13(24)8-12(14-16(21)22(2)18(27)23(3)17(14)26)15(25)20-9-10-5-4-6-11(19)7-10/h4-8H,9H2,1-3H3,(H,20,25). The number of carbonyl (C=O) groups excluding carboxylic acids is 1. The molecule has 1 amide bonds. The highest BCUT2D eigenvalue weighted by Crippen LogP contribution is 2.13. The van der Waals surface area contributed by atoms with Gasteiger partial charge in [-0.15, -0.1) is 0 Å². The lowest BCUT2D eigenvalue weighted by atomic mass is 10.1. The molecule has 0 bridgehead atoms. The van der Waals surface area contributed by atoms with Crippen molar-refractivity contribution in [3.63, 3.8) is 0 Å². The van der Waals surface area contributed by atoms with E-state index in [2.05, 4.69) is 5.32 Å². The van der Waals surface area contributed by atoms with Crippen molar-refractivity contribution < 1.29 is 4.79 Å². The molecule has 0 aliphatic rings. The number of rotatable bonds is 3. The molecule has 0 saturated heterocycles. The van der Waals surface area contributed by atoms with E-state index < -0.39 is 22.7 Å². The van der Waals surface area contributed by atoms with E-state index in [-0.39, 0.29) is 23.1 Å². The van der Waals surface area contributed by atoms with Gasteiger partial charge < -0.3 is 5.32 Å². The molecule has 0 atom stereocenters. The molecule has 2 aromatic heterocycles. The number of hydrogen-bond donors (Lipinski definition) is 1. The van der Waals surface area contributed by atoms with Crippen molar-refractivity contribution in [2.75, 3.05) is 0 Å². The van der Waals surface area contributed by atoms with Gasteiger partial charge in [0.1, 0.15) is 5.65 Å². The topological polar surface area (TPSA) is 95.1 Å². The van der Waals surface area contributed by atoms with Crippen molar-refractivity contribution in [1.82, 2.24) is 19.0 Å². The maximum atomic E-state index is 12.7. The van der Waals surface area contributed by atoms with Gasteiger partial charge in [0.05, 0.1) is 10.9 Å². The molecule has 1 N–H and O–H groups in total. The largest absolute Gasteiger partial charge is 0.348 e. The number of aromatic nitrogens is 3. The fourth-order valence-electron chi connectivity index (χ4n) is 2.96. The second-order valence-corrected chi connectivity index (χ2v) is 6.61. The van der Waals surface area contributed by atoms with Gasteiger partial charge in [-0.05, 0) is 17.7 Å². The number of aryl methyl sites for hydroxylation is 2. The van der Waals surface area contributed by atoms with Crippen molar-refractivity contribution >= 4 is 28.5 Å². The number of benzene rings is 1. The average Bonchev–Trinajstić information content (AvgIpc) is 2.64. The molecule has 1 aromatic carbocycles. The number of fused-ring (bicyclic) bond motifs is 1. The number of carbonyl (C=O) groups is 1. The summed E-state index contributed by atoms with van der Waals surface area (Å²) in [6.45, 7) is 0.169. The van der Waals surface area contributed by atoms with Crippen LogP contribution in [0.5, 0.6) is 0 Å². The minimum absolute atomic E-state index is 0.00490. The van der Waals surface area contributed by atoms with Gasteiger partial charge in [-0.2, -0.15) is 0 Å². The highest BCUT2D eigenvalue weighted by atomic mass is 35.5. The molecule has 8 nitrogen and oxygen atoms in total. The third-order valence-electron chi connectivity index (χ3n) is 4.41. The van der Waals surface area contributed by atoms with Crippen LogP contribution in [0.4, 0.5) is 0 Å². The Hall–Kier alpha value is -3.13. The molecule has 0 saturated carbocycles. The number of hydrogen-bond acceptors (Lipinski definition) is 4. The van der Waals surface area contributed by atoms with E-state index in [9.17, 15) is 19.2 Å². The predicted octanol–water partition coefficient (Wildman–Crippen LogP) is 0.519. The van der Waals surface area contributed by atoms with Crippen LogP contribution in [0.1, 0.15) is 15.9 Å². The van der Waals surface area contributed by atoms with Crippen LogP contribution in [0.25, 0.3) is 11.0 Å². The average molecular weight is 389 g/mol. The first-order chi connectivity index (χ1) is 12.7. The first kappa shape index (κ1) is 18.7. The van der Waals surface area contributed by atoms with Crippen LogP contribution >= 0.6 is 11.6 Å². The highest BCUT2D eigenvalue weighted by molar-refractivity contribution is 6.30. The summed E-state index contributed by atoms with van der Waals surface area (Å²) in [7, 11) is 4.21. The monoisotopic (exact) mass is 388 g/mol. The van der Waals surface area contributed by atoms with E-state index in [0.717, 1.165) is 16.2 Å². The molecule has 0 radical (unpaired) electrons. The Labute approximate surface area is 158 Å². The molecule has 9 heteroatoms. The molecular weight excluding hydrogens is 372 g/mol. The van der Waals surface area contributed by atoms with E-state index in [1.807, 2.05) is 0 Å². The van der Waals surface area contributed by atoms with Gasteiger partial charge in [0.15, 0.2) is 0 Å².